The molecule has 5 heteroatoms. The van der Waals surface area contributed by atoms with E-state index in [0.29, 0.717) is 5.92 Å². The molecule has 0 aromatic rings. The lowest BCUT2D eigenvalue weighted by molar-refractivity contribution is -0.135. The van der Waals surface area contributed by atoms with Crippen LogP contribution >= 0.6 is 0 Å². The minimum absolute atomic E-state index is 0.139. The fraction of sp³-hybridized carbons (Fsp3) is 0.917. The Morgan fingerprint density at radius 1 is 1.41 bits per heavy atom. The summed E-state index contributed by atoms with van der Waals surface area (Å²) in [4.78, 5) is 13.6. The number of amides is 1. The Balaban J connectivity index is 2.35. The number of nitrogens with two attached hydrogens (primary N) is 1. The van der Waals surface area contributed by atoms with E-state index in [0.717, 1.165) is 45.2 Å². The first-order valence-corrected chi connectivity index (χ1v) is 6.45. The number of carbonyl (C=O) groups is 1. The molecule has 2 atom stereocenters. The summed E-state index contributed by atoms with van der Waals surface area (Å²) in [6, 6.07) is -0.772. The van der Waals surface area contributed by atoms with Gasteiger partial charge >= 0.3 is 0 Å². The summed E-state index contributed by atoms with van der Waals surface area (Å²) in [5.74, 6) is 0.379. The summed E-state index contributed by atoms with van der Waals surface area (Å²) in [5, 5.41) is 17.6. The van der Waals surface area contributed by atoms with Crippen LogP contribution in [0.2, 0.25) is 0 Å². The molecule has 1 heterocycles. The average Bonchev–Trinajstić information content (AvgIpc) is 2.37. The molecule has 4 N–H and O–H groups in total. The van der Waals surface area contributed by atoms with E-state index in [1.165, 1.54) is 0 Å². The average molecular weight is 244 g/mol. The van der Waals surface area contributed by atoms with E-state index in [4.69, 9.17) is 15.9 Å². The number of likely N-dealkylation sites (tertiary alicyclic amines) is 1. The molecule has 17 heavy (non-hydrogen) atoms. The third-order valence-corrected chi connectivity index (χ3v) is 3.37. The van der Waals surface area contributed by atoms with Crippen molar-refractivity contribution in [1.82, 2.24) is 4.90 Å². The maximum Gasteiger partial charge on any atom is 0.241 e. The topological polar surface area (TPSA) is 86.8 Å². The summed E-state index contributed by atoms with van der Waals surface area (Å²) < 4.78 is 0. The second kappa shape index (κ2) is 7.63. The summed E-state index contributed by atoms with van der Waals surface area (Å²) in [7, 11) is 0. The lowest BCUT2D eigenvalue weighted by Crippen LogP contribution is -2.49. The summed E-state index contributed by atoms with van der Waals surface area (Å²) >= 11 is 0. The lowest BCUT2D eigenvalue weighted by atomic mass is 9.92. The molecule has 0 aromatic heterocycles. The van der Waals surface area contributed by atoms with Gasteiger partial charge in [0.25, 0.3) is 0 Å². The Hall–Kier alpha value is -0.650. The van der Waals surface area contributed by atoms with Crippen LogP contribution in [0.3, 0.4) is 0 Å². The zero-order valence-corrected chi connectivity index (χ0v) is 10.3. The first-order valence-electron chi connectivity index (χ1n) is 6.45. The van der Waals surface area contributed by atoms with Crippen molar-refractivity contribution in [3.8, 4) is 0 Å². The van der Waals surface area contributed by atoms with Crippen LogP contribution in [0.15, 0.2) is 0 Å². The van der Waals surface area contributed by atoms with Crippen LogP contribution in [-0.4, -0.2) is 53.4 Å². The van der Waals surface area contributed by atoms with Gasteiger partial charge in [0, 0.05) is 19.7 Å². The first-order chi connectivity index (χ1) is 8.19. The molecule has 0 aromatic carbocycles. The van der Waals surface area contributed by atoms with Crippen molar-refractivity contribution in [2.24, 2.45) is 11.7 Å². The molecule has 0 spiro atoms. The fourth-order valence-corrected chi connectivity index (χ4v) is 2.36. The van der Waals surface area contributed by atoms with Crippen LogP contribution in [0.1, 0.15) is 32.1 Å². The minimum Gasteiger partial charge on any atom is -0.396 e. The largest absolute Gasteiger partial charge is 0.396 e. The molecule has 1 saturated heterocycles. The molecule has 0 bridgehead atoms. The van der Waals surface area contributed by atoms with Crippen LogP contribution in [-0.2, 0) is 4.79 Å². The standard InChI is InChI=1S/C12H24N2O3/c13-11(9-16)12(17)14-6-3-5-10(8-14)4-1-2-7-15/h10-11,15-16H,1-9,13H2/t10-,11+/m1/s1. The highest BCUT2D eigenvalue weighted by Gasteiger charge is 2.26. The number of unbranched alkanes of at least 4 members (excludes halogenated alkanes) is 1. The maximum atomic E-state index is 11.8. The highest BCUT2D eigenvalue weighted by molar-refractivity contribution is 5.81. The molecule has 0 unspecified atom stereocenters. The second-order valence-electron chi connectivity index (χ2n) is 4.80. The maximum absolute atomic E-state index is 11.8. The van der Waals surface area contributed by atoms with Gasteiger partial charge in [-0.3, -0.25) is 4.79 Å². The molecule has 0 radical (unpaired) electrons. The Morgan fingerprint density at radius 3 is 2.82 bits per heavy atom. The molecule has 1 aliphatic heterocycles. The Kier molecular flexibility index (Phi) is 6.47. The van der Waals surface area contributed by atoms with Crippen LogP contribution in [0.4, 0.5) is 0 Å². The number of aliphatic hydroxyl groups is 2. The van der Waals surface area contributed by atoms with Gasteiger partial charge in [-0.2, -0.15) is 0 Å². The van der Waals surface area contributed by atoms with E-state index < -0.39 is 6.04 Å². The minimum atomic E-state index is -0.772. The van der Waals surface area contributed by atoms with Gasteiger partial charge in [0.05, 0.1) is 6.61 Å². The highest BCUT2D eigenvalue weighted by atomic mass is 16.3. The predicted molar refractivity (Wildman–Crippen MR) is 65.3 cm³/mol. The van der Waals surface area contributed by atoms with E-state index in [-0.39, 0.29) is 19.1 Å². The van der Waals surface area contributed by atoms with Crippen LogP contribution < -0.4 is 5.73 Å². The fourth-order valence-electron chi connectivity index (χ4n) is 2.36. The van der Waals surface area contributed by atoms with Crippen molar-refractivity contribution < 1.29 is 15.0 Å². The third-order valence-electron chi connectivity index (χ3n) is 3.37. The Morgan fingerprint density at radius 2 is 2.18 bits per heavy atom. The molecule has 0 saturated carbocycles. The molecule has 1 aliphatic rings. The molecule has 1 amide bonds. The van der Waals surface area contributed by atoms with E-state index in [9.17, 15) is 4.79 Å². The number of rotatable bonds is 6. The summed E-state index contributed by atoms with van der Waals surface area (Å²) in [6.45, 7) is 1.45. The van der Waals surface area contributed by atoms with Gasteiger partial charge in [-0.15, -0.1) is 0 Å². The first kappa shape index (κ1) is 14.4. The second-order valence-corrected chi connectivity index (χ2v) is 4.80. The van der Waals surface area contributed by atoms with E-state index in [1.54, 1.807) is 4.90 Å². The quantitative estimate of drug-likeness (QED) is 0.560. The zero-order valence-electron chi connectivity index (χ0n) is 10.3. The summed E-state index contributed by atoms with van der Waals surface area (Å²) in [5.41, 5.74) is 5.54. The number of carbonyl (C=O) groups excluding carboxylic acids is 1. The number of nitrogens with zero attached hydrogens (tertiary/aromatic N) is 1. The third kappa shape index (κ3) is 4.61. The van der Waals surface area contributed by atoms with Gasteiger partial charge in [-0.25, -0.2) is 0 Å². The van der Waals surface area contributed by atoms with Gasteiger partial charge in [0.1, 0.15) is 6.04 Å². The number of piperidine rings is 1. The van der Waals surface area contributed by atoms with Crippen LogP contribution in [0.25, 0.3) is 0 Å². The molecular formula is C12H24N2O3. The van der Waals surface area contributed by atoms with Crippen molar-refractivity contribution in [3.05, 3.63) is 0 Å². The molecule has 0 aliphatic carbocycles. The monoisotopic (exact) mass is 244 g/mol. The van der Waals surface area contributed by atoms with E-state index in [1.807, 2.05) is 0 Å². The highest BCUT2D eigenvalue weighted by Crippen LogP contribution is 2.21. The SMILES string of the molecule is N[C@@H](CO)C(=O)N1CCC[C@@H](CCCCO)C1. The molecule has 1 fully saturated rings. The lowest BCUT2D eigenvalue weighted by Gasteiger charge is -2.34. The van der Waals surface area contributed by atoms with Crippen molar-refractivity contribution in [2.75, 3.05) is 26.3 Å². The zero-order chi connectivity index (χ0) is 12.7. The van der Waals surface area contributed by atoms with Gasteiger partial charge in [-0.05, 0) is 31.6 Å². The number of hydrogen-bond acceptors (Lipinski definition) is 4. The Labute approximate surface area is 103 Å². The van der Waals surface area contributed by atoms with Crippen LogP contribution in [0, 0.1) is 5.92 Å². The van der Waals surface area contributed by atoms with E-state index in [2.05, 4.69) is 0 Å². The van der Waals surface area contributed by atoms with Crippen molar-refractivity contribution in [3.63, 3.8) is 0 Å². The van der Waals surface area contributed by atoms with Gasteiger partial charge in [0.2, 0.25) is 5.91 Å². The van der Waals surface area contributed by atoms with Crippen molar-refractivity contribution in [2.45, 2.75) is 38.1 Å². The van der Waals surface area contributed by atoms with Crippen LogP contribution in [0.5, 0.6) is 0 Å². The predicted octanol–water partition coefficient (Wildman–Crippen LogP) is -0.293. The summed E-state index contributed by atoms with van der Waals surface area (Å²) in [6.07, 6.45) is 5.05. The van der Waals surface area contributed by atoms with E-state index >= 15 is 0 Å². The number of aliphatic hydroxyl groups excluding tert-OH is 2. The van der Waals surface area contributed by atoms with Gasteiger partial charge in [0.15, 0.2) is 0 Å². The number of hydrogen-bond donors (Lipinski definition) is 3. The normalized spacial score (nSPS) is 22.5. The molecule has 100 valence electrons. The Bertz CT molecular complexity index is 236. The van der Waals surface area contributed by atoms with Crippen molar-refractivity contribution in [1.29, 1.82) is 0 Å². The van der Waals surface area contributed by atoms with Crippen molar-refractivity contribution >= 4 is 5.91 Å². The molecular weight excluding hydrogens is 220 g/mol. The van der Waals surface area contributed by atoms with Gasteiger partial charge < -0.3 is 20.8 Å². The molecule has 5 nitrogen and oxygen atoms in total. The molecule has 1 rings (SSSR count). The smallest absolute Gasteiger partial charge is 0.241 e. The van der Waals surface area contributed by atoms with Gasteiger partial charge in [-0.1, -0.05) is 6.42 Å².